The fourth-order valence-corrected chi connectivity index (χ4v) is 8.12. The minimum Gasteiger partial charge on any atom is -0.310 e. The van der Waals surface area contributed by atoms with Crippen LogP contribution in [-0.2, 0) is 10.8 Å². The molecule has 7 aromatic rings. The van der Waals surface area contributed by atoms with Crippen LogP contribution in [0.5, 0.6) is 0 Å². The van der Waals surface area contributed by atoms with Gasteiger partial charge in [0, 0.05) is 38.7 Å². The molecule has 0 N–H and O–H groups in total. The maximum absolute atomic E-state index is 2.53. The van der Waals surface area contributed by atoms with Crippen molar-refractivity contribution >= 4 is 38.9 Å². The van der Waals surface area contributed by atoms with Crippen molar-refractivity contribution in [3.05, 3.63) is 156 Å². The van der Waals surface area contributed by atoms with E-state index in [4.69, 9.17) is 0 Å². The van der Waals surface area contributed by atoms with Gasteiger partial charge >= 0.3 is 0 Å². The first kappa shape index (κ1) is 25.4. The summed E-state index contributed by atoms with van der Waals surface area (Å²) < 4.78 is 2.53. The van der Waals surface area contributed by atoms with E-state index in [1.54, 1.807) is 0 Å². The molecule has 0 saturated carbocycles. The van der Waals surface area contributed by atoms with Crippen LogP contribution in [0.3, 0.4) is 0 Å². The van der Waals surface area contributed by atoms with Crippen molar-refractivity contribution in [2.24, 2.45) is 0 Å². The van der Waals surface area contributed by atoms with Crippen molar-refractivity contribution in [3.63, 3.8) is 0 Å². The minimum atomic E-state index is -0.142. The molecule has 1 aliphatic carbocycles. The van der Waals surface area contributed by atoms with Crippen LogP contribution in [-0.4, -0.2) is 4.57 Å². The molecule has 0 fully saturated rings. The van der Waals surface area contributed by atoms with Crippen LogP contribution in [0.4, 0.5) is 17.1 Å². The second kappa shape index (κ2) is 8.74. The van der Waals surface area contributed by atoms with Crippen LogP contribution >= 0.6 is 0 Å². The maximum Gasteiger partial charge on any atom is 0.0582 e. The molecule has 212 valence electrons. The summed E-state index contributed by atoms with van der Waals surface area (Å²) in [6.07, 6.45) is 0. The third-order valence-corrected chi connectivity index (χ3v) is 10.3. The smallest absolute Gasteiger partial charge is 0.0582 e. The van der Waals surface area contributed by atoms with E-state index in [2.05, 4.69) is 171 Å². The normalized spacial score (nSPS) is 15.2. The van der Waals surface area contributed by atoms with Crippen molar-refractivity contribution in [3.8, 4) is 16.8 Å². The summed E-state index contributed by atoms with van der Waals surface area (Å²) in [6.45, 7) is 9.52. The molecule has 2 heteroatoms. The van der Waals surface area contributed by atoms with E-state index in [1.807, 2.05) is 0 Å². The van der Waals surface area contributed by atoms with Crippen molar-refractivity contribution in [2.75, 3.05) is 4.90 Å². The number of hydrogen-bond donors (Lipinski definition) is 0. The van der Waals surface area contributed by atoms with Gasteiger partial charge in [-0.1, -0.05) is 107 Å². The van der Waals surface area contributed by atoms with Crippen LogP contribution in [0.15, 0.2) is 133 Å². The molecule has 9 rings (SSSR count). The summed E-state index contributed by atoms with van der Waals surface area (Å²) in [5.41, 5.74) is 15.5. The number of hydrogen-bond acceptors (Lipinski definition) is 1. The zero-order valence-corrected chi connectivity index (χ0v) is 25.6. The van der Waals surface area contributed by atoms with Gasteiger partial charge in [-0.25, -0.2) is 0 Å². The molecule has 0 saturated heterocycles. The first-order valence-electron chi connectivity index (χ1n) is 15.6. The first-order chi connectivity index (χ1) is 21.4. The van der Waals surface area contributed by atoms with E-state index in [9.17, 15) is 0 Å². The number of aromatic nitrogens is 1. The monoisotopic (exact) mass is 566 g/mol. The van der Waals surface area contributed by atoms with E-state index in [0.29, 0.717) is 0 Å². The van der Waals surface area contributed by atoms with E-state index < -0.39 is 0 Å². The van der Waals surface area contributed by atoms with Gasteiger partial charge in [-0.15, -0.1) is 0 Å². The Morgan fingerprint density at radius 2 is 1.07 bits per heavy atom. The van der Waals surface area contributed by atoms with Gasteiger partial charge in [0.2, 0.25) is 0 Å². The quantitative estimate of drug-likeness (QED) is 0.206. The zero-order chi connectivity index (χ0) is 29.8. The Balaban J connectivity index is 1.29. The van der Waals surface area contributed by atoms with Crippen molar-refractivity contribution in [1.82, 2.24) is 4.57 Å². The Morgan fingerprint density at radius 1 is 0.455 bits per heavy atom. The summed E-state index contributed by atoms with van der Waals surface area (Å²) >= 11 is 0. The van der Waals surface area contributed by atoms with E-state index >= 15 is 0 Å². The molecule has 0 bridgehead atoms. The minimum absolute atomic E-state index is 0.0607. The van der Waals surface area contributed by atoms with Crippen molar-refractivity contribution < 1.29 is 0 Å². The lowest BCUT2D eigenvalue weighted by molar-refractivity contribution is 0.630. The van der Waals surface area contributed by atoms with Gasteiger partial charge in [0.1, 0.15) is 0 Å². The average Bonchev–Trinajstić information content (AvgIpc) is 3.49. The Labute approximate surface area is 258 Å². The van der Waals surface area contributed by atoms with Gasteiger partial charge in [-0.2, -0.15) is 0 Å². The second-order valence-corrected chi connectivity index (χ2v) is 13.5. The highest BCUT2D eigenvalue weighted by Crippen LogP contribution is 2.54. The number of nitrogens with zero attached hydrogens (tertiary/aromatic N) is 2. The molecule has 6 aromatic carbocycles. The van der Waals surface area contributed by atoms with E-state index in [0.717, 1.165) is 11.4 Å². The lowest BCUT2D eigenvalue weighted by atomic mass is 9.75. The lowest BCUT2D eigenvalue weighted by Crippen LogP contribution is -2.26. The lowest BCUT2D eigenvalue weighted by Gasteiger charge is -2.34. The van der Waals surface area contributed by atoms with Crippen LogP contribution in [0.2, 0.25) is 0 Å². The molecule has 1 aliphatic heterocycles. The third kappa shape index (κ3) is 3.26. The molecule has 44 heavy (non-hydrogen) atoms. The van der Waals surface area contributed by atoms with Crippen molar-refractivity contribution in [2.45, 2.75) is 38.5 Å². The van der Waals surface area contributed by atoms with Gasteiger partial charge in [-0.3, -0.25) is 0 Å². The van der Waals surface area contributed by atoms with Gasteiger partial charge in [0.05, 0.1) is 16.7 Å². The van der Waals surface area contributed by atoms with Crippen LogP contribution < -0.4 is 4.90 Å². The highest BCUT2D eigenvalue weighted by atomic mass is 15.1. The summed E-state index contributed by atoms with van der Waals surface area (Å²) in [7, 11) is 0. The van der Waals surface area contributed by atoms with E-state index in [-0.39, 0.29) is 10.8 Å². The molecule has 0 radical (unpaired) electrons. The highest BCUT2D eigenvalue weighted by Gasteiger charge is 2.39. The predicted molar refractivity (Wildman–Crippen MR) is 185 cm³/mol. The Hall–Kier alpha value is -5.08. The number of fused-ring (bicyclic) bond motifs is 8. The van der Waals surface area contributed by atoms with Crippen LogP contribution in [0, 0.1) is 0 Å². The van der Waals surface area contributed by atoms with Crippen LogP contribution in [0.1, 0.15) is 49.9 Å². The number of anilines is 3. The fraction of sp³-hybridized carbons (Fsp3) is 0.143. The standard InChI is InChI=1S/C42H34N2/c1-41(2)34-19-11-12-21-38(34)44-39-26-32-30-23-22-29(43(27-14-7-5-8-15-27)28-16-9-6-10-17-28)24-36(30)42(3,4)37(32)25-33(39)31-18-13-20-35(41)40(31)44/h5-26H,1-4H3. The van der Waals surface area contributed by atoms with Crippen LogP contribution in [0.25, 0.3) is 38.6 Å². The summed E-state index contributed by atoms with van der Waals surface area (Å²) in [4.78, 5) is 2.36. The summed E-state index contributed by atoms with van der Waals surface area (Å²) in [5.74, 6) is 0. The molecule has 0 unspecified atom stereocenters. The predicted octanol–water partition coefficient (Wildman–Crippen LogP) is 11.2. The summed E-state index contributed by atoms with van der Waals surface area (Å²) in [6, 6.07) is 49.3. The number of benzene rings is 6. The largest absolute Gasteiger partial charge is 0.310 e. The van der Waals surface area contributed by atoms with Gasteiger partial charge in [0.25, 0.3) is 0 Å². The second-order valence-electron chi connectivity index (χ2n) is 13.5. The Morgan fingerprint density at radius 3 is 1.80 bits per heavy atom. The molecule has 0 atom stereocenters. The molecule has 0 spiro atoms. The molecular formula is C42H34N2. The molecular weight excluding hydrogens is 532 g/mol. The fourth-order valence-electron chi connectivity index (χ4n) is 8.12. The SMILES string of the molecule is CC1(C)c2cc(N(c3ccccc3)c3ccccc3)ccc2-c2cc3c(cc21)c1cccc2c1n3-c1ccccc1C2(C)C. The number of para-hydroxylation sites is 4. The third-order valence-electron chi connectivity index (χ3n) is 10.3. The molecule has 1 aromatic heterocycles. The van der Waals surface area contributed by atoms with E-state index in [1.165, 1.54) is 66.6 Å². The molecule has 0 amide bonds. The highest BCUT2D eigenvalue weighted by molar-refractivity contribution is 6.13. The molecule has 2 aliphatic rings. The molecule has 2 nitrogen and oxygen atoms in total. The van der Waals surface area contributed by atoms with Gasteiger partial charge in [-0.05, 0) is 88.0 Å². The first-order valence-corrected chi connectivity index (χ1v) is 15.6. The summed E-state index contributed by atoms with van der Waals surface area (Å²) in [5, 5.41) is 2.68. The maximum atomic E-state index is 2.53. The Bertz CT molecular complexity index is 2230. The Kier molecular flexibility index (Phi) is 5.05. The van der Waals surface area contributed by atoms with Crippen molar-refractivity contribution in [1.29, 1.82) is 0 Å². The average molecular weight is 567 g/mol. The molecule has 2 heterocycles. The number of rotatable bonds is 3. The van der Waals surface area contributed by atoms with Gasteiger partial charge < -0.3 is 9.47 Å². The topological polar surface area (TPSA) is 8.17 Å². The van der Waals surface area contributed by atoms with Gasteiger partial charge in [0.15, 0.2) is 0 Å². The zero-order valence-electron chi connectivity index (χ0n) is 25.6.